The first kappa shape index (κ1) is 16.4. The summed E-state index contributed by atoms with van der Waals surface area (Å²) < 4.78 is 16.3. The molecule has 0 atom stereocenters. The predicted molar refractivity (Wildman–Crippen MR) is 56.6 cm³/mol. The smallest absolute Gasteiger partial charge is 0.377 e. The highest BCUT2D eigenvalue weighted by molar-refractivity contribution is 6.60. The molecule has 6 heteroatoms. The molecule has 3 radical (unpaired) electrons. The molecule has 0 heterocycles. The quantitative estimate of drug-likeness (QED) is 0.605. The Labute approximate surface area is 87.9 Å². The average Bonchev–Trinajstić information content (AvgIpc) is 2.20. The lowest BCUT2D eigenvalue weighted by Crippen LogP contribution is -2.44. The van der Waals surface area contributed by atoms with Gasteiger partial charge in [-0.2, -0.15) is 0 Å². The molecular weight excluding hydrogens is 200 g/mol. The van der Waals surface area contributed by atoms with Gasteiger partial charge >= 0.3 is 8.80 Å². The van der Waals surface area contributed by atoms with Gasteiger partial charge in [-0.05, 0) is 19.4 Å². The van der Waals surface area contributed by atoms with Gasteiger partial charge in [0.1, 0.15) is 0 Å². The Morgan fingerprint density at radius 1 is 1.21 bits per heavy atom. The first-order valence-corrected chi connectivity index (χ1v) is 6.62. The van der Waals surface area contributed by atoms with Gasteiger partial charge in [0, 0.05) is 33.0 Å². The molecule has 0 aromatic carbocycles. The number of hydrogen-bond acceptors (Lipinski definition) is 4. The van der Waals surface area contributed by atoms with Crippen LogP contribution in [0.1, 0.15) is 19.8 Å². The number of nitrogens with two attached hydrogens (primary N) is 1. The van der Waals surface area contributed by atoms with Crippen molar-refractivity contribution in [2.75, 3.05) is 27.4 Å². The van der Waals surface area contributed by atoms with Crippen LogP contribution in [0.4, 0.5) is 0 Å². The molecule has 0 aliphatic rings. The molecule has 85 valence electrons. The molecule has 0 unspecified atom stereocenters. The van der Waals surface area contributed by atoms with Crippen LogP contribution < -0.4 is 11.9 Å². The lowest BCUT2D eigenvalue weighted by Gasteiger charge is -2.25. The van der Waals surface area contributed by atoms with Crippen LogP contribution in [0.25, 0.3) is 0 Å². The second kappa shape index (κ2) is 9.57. The van der Waals surface area contributed by atoms with Crippen molar-refractivity contribution in [2.24, 2.45) is 5.73 Å². The maximum absolute atomic E-state index is 5.62. The highest BCUT2D eigenvalue weighted by Crippen LogP contribution is 2.15. The Morgan fingerprint density at radius 3 is 2.14 bits per heavy atom. The second-order valence-corrected chi connectivity index (χ2v) is 5.80. The van der Waals surface area contributed by atoms with E-state index in [1.807, 2.05) is 0 Å². The second-order valence-electron chi connectivity index (χ2n) is 2.83. The summed E-state index contributed by atoms with van der Waals surface area (Å²) in [6, 6.07) is 0.802. The summed E-state index contributed by atoms with van der Waals surface area (Å²) in [4.78, 5) is 0. The summed E-state index contributed by atoms with van der Waals surface area (Å²) in [5.41, 5.74) is 5.43. The molecular formula is C8H21N2O3Si. The summed E-state index contributed by atoms with van der Waals surface area (Å²) >= 11 is 0. The van der Waals surface area contributed by atoms with Crippen molar-refractivity contribution in [3.8, 4) is 0 Å². The Hall–Kier alpha value is 0.0169. The standard InChI is InChI=1S/C8H21NO3Si.N/c1-4-7-12-13(10-2,11-3)8-5-6-9;/h4-9H2,1-3H3;. The number of hydrogen-bond donors (Lipinski definition) is 1. The molecule has 0 fully saturated rings. The molecule has 0 rings (SSSR count). The van der Waals surface area contributed by atoms with E-state index in [1.54, 1.807) is 14.2 Å². The van der Waals surface area contributed by atoms with Gasteiger partial charge in [0.05, 0.1) is 0 Å². The van der Waals surface area contributed by atoms with Gasteiger partial charge in [0.2, 0.25) is 0 Å². The maximum Gasteiger partial charge on any atom is 0.500 e. The van der Waals surface area contributed by atoms with Crippen LogP contribution in [-0.2, 0) is 13.3 Å². The van der Waals surface area contributed by atoms with Gasteiger partial charge in [-0.3, -0.25) is 0 Å². The van der Waals surface area contributed by atoms with Crippen molar-refractivity contribution in [1.29, 1.82) is 0 Å². The Kier molecular flexibility index (Phi) is 11.2. The Balaban J connectivity index is 0. The average molecular weight is 221 g/mol. The van der Waals surface area contributed by atoms with Crippen LogP contribution in [-0.4, -0.2) is 36.2 Å². The molecule has 14 heavy (non-hydrogen) atoms. The minimum atomic E-state index is -2.37. The third kappa shape index (κ3) is 5.69. The fraction of sp³-hybridized carbons (Fsp3) is 1.00. The third-order valence-electron chi connectivity index (χ3n) is 1.84. The highest BCUT2D eigenvalue weighted by atomic mass is 28.4. The zero-order valence-corrected chi connectivity index (χ0v) is 10.3. The van der Waals surface area contributed by atoms with Crippen LogP contribution in [0.15, 0.2) is 0 Å². The van der Waals surface area contributed by atoms with E-state index in [0.29, 0.717) is 13.2 Å². The highest BCUT2D eigenvalue weighted by Gasteiger charge is 2.37. The fourth-order valence-electron chi connectivity index (χ4n) is 1.05. The maximum atomic E-state index is 5.62. The number of rotatable bonds is 8. The van der Waals surface area contributed by atoms with Crippen LogP contribution in [0.3, 0.4) is 0 Å². The first-order chi connectivity index (χ1) is 6.24. The van der Waals surface area contributed by atoms with Crippen molar-refractivity contribution in [3.63, 3.8) is 0 Å². The van der Waals surface area contributed by atoms with E-state index in [9.17, 15) is 0 Å². The van der Waals surface area contributed by atoms with Crippen molar-refractivity contribution >= 4 is 8.80 Å². The molecule has 0 aliphatic heterocycles. The Morgan fingerprint density at radius 2 is 1.79 bits per heavy atom. The molecule has 0 aliphatic carbocycles. The van der Waals surface area contributed by atoms with Crippen molar-refractivity contribution in [3.05, 3.63) is 0 Å². The summed E-state index contributed by atoms with van der Waals surface area (Å²) in [5.74, 6) is 0. The zero-order chi connectivity index (χ0) is 10.2. The van der Waals surface area contributed by atoms with Crippen molar-refractivity contribution in [2.45, 2.75) is 25.8 Å². The molecule has 0 amide bonds. The van der Waals surface area contributed by atoms with E-state index in [2.05, 4.69) is 6.92 Å². The van der Waals surface area contributed by atoms with E-state index in [0.717, 1.165) is 18.9 Å². The number of nitrogens with zero attached hydrogens (tertiary/aromatic N) is 1. The topological polar surface area (TPSA) is 84.2 Å². The zero-order valence-electron chi connectivity index (χ0n) is 9.28. The summed E-state index contributed by atoms with van der Waals surface area (Å²) in [6.45, 7) is 3.41. The summed E-state index contributed by atoms with van der Waals surface area (Å²) in [6.07, 6.45) is 1.86. The van der Waals surface area contributed by atoms with Gasteiger partial charge in [-0.25, -0.2) is 0 Å². The summed E-state index contributed by atoms with van der Waals surface area (Å²) in [7, 11) is 0.916. The SMILES string of the molecule is CCCO[Si](CCCN)(OC)OC.[N]. The van der Waals surface area contributed by atoms with E-state index in [1.165, 1.54) is 0 Å². The van der Waals surface area contributed by atoms with E-state index < -0.39 is 8.80 Å². The fourth-order valence-corrected chi connectivity index (χ4v) is 3.16. The predicted octanol–water partition coefficient (Wildman–Crippen LogP) is 0.513. The van der Waals surface area contributed by atoms with Gasteiger partial charge in [0.15, 0.2) is 0 Å². The van der Waals surface area contributed by atoms with Crippen LogP contribution in [0, 0.1) is 0 Å². The first-order valence-electron chi connectivity index (χ1n) is 4.69. The normalized spacial score (nSPS) is 11.1. The van der Waals surface area contributed by atoms with E-state index in [4.69, 9.17) is 19.0 Å². The Bertz CT molecular complexity index is 113. The largest absolute Gasteiger partial charge is 0.500 e. The monoisotopic (exact) mass is 221 g/mol. The van der Waals surface area contributed by atoms with Gasteiger partial charge in [0.25, 0.3) is 0 Å². The van der Waals surface area contributed by atoms with Gasteiger partial charge < -0.3 is 19.0 Å². The molecule has 2 N–H and O–H groups in total. The molecule has 5 nitrogen and oxygen atoms in total. The third-order valence-corrected chi connectivity index (χ3v) is 4.69. The minimum absolute atomic E-state index is 0. The van der Waals surface area contributed by atoms with Gasteiger partial charge in [-0.1, -0.05) is 6.92 Å². The van der Waals surface area contributed by atoms with Crippen LogP contribution >= 0.6 is 0 Å². The molecule has 0 aromatic heterocycles. The lowest BCUT2D eigenvalue weighted by atomic mass is 10.5. The van der Waals surface area contributed by atoms with E-state index in [-0.39, 0.29) is 6.15 Å². The molecule has 0 bridgehead atoms. The lowest BCUT2D eigenvalue weighted by molar-refractivity contribution is 0.0979. The molecule has 0 saturated carbocycles. The van der Waals surface area contributed by atoms with Gasteiger partial charge in [-0.15, -0.1) is 0 Å². The minimum Gasteiger partial charge on any atom is -0.377 e. The molecule has 0 spiro atoms. The van der Waals surface area contributed by atoms with Crippen LogP contribution in [0.5, 0.6) is 0 Å². The van der Waals surface area contributed by atoms with Crippen molar-refractivity contribution < 1.29 is 13.3 Å². The molecule has 0 aromatic rings. The van der Waals surface area contributed by atoms with Crippen molar-refractivity contribution in [1.82, 2.24) is 6.15 Å². The van der Waals surface area contributed by atoms with E-state index >= 15 is 0 Å². The van der Waals surface area contributed by atoms with Crippen LogP contribution in [0.2, 0.25) is 6.04 Å². The summed E-state index contributed by atoms with van der Waals surface area (Å²) in [5, 5.41) is 0. The molecule has 0 saturated heterocycles.